The SMILES string of the molecule is COc1ccc(COC=CC2(C(=O)O)CCC(C(=O)O)C2(C)C)c(O[SiH](C)C)c1C(C)(C)C. The molecule has 2 N–H and O–H groups in total. The van der Waals surface area contributed by atoms with Gasteiger partial charge in [-0.15, -0.1) is 0 Å². The summed E-state index contributed by atoms with van der Waals surface area (Å²) in [6.45, 7) is 14.1. The van der Waals surface area contributed by atoms with E-state index in [9.17, 15) is 19.8 Å². The van der Waals surface area contributed by atoms with Gasteiger partial charge in [-0.05, 0) is 55.0 Å². The van der Waals surface area contributed by atoms with E-state index < -0.39 is 37.7 Å². The molecule has 0 aliphatic heterocycles. The first-order valence-corrected chi connectivity index (χ1v) is 14.1. The lowest BCUT2D eigenvalue weighted by molar-refractivity contribution is -0.155. The van der Waals surface area contributed by atoms with E-state index in [1.165, 1.54) is 12.3 Å². The number of carboxylic acids is 2. The van der Waals surface area contributed by atoms with Gasteiger partial charge >= 0.3 is 11.9 Å². The van der Waals surface area contributed by atoms with Gasteiger partial charge in [0.25, 0.3) is 0 Å². The molecule has 0 saturated heterocycles. The molecule has 2 atom stereocenters. The predicted octanol–water partition coefficient (Wildman–Crippen LogP) is 4.98. The van der Waals surface area contributed by atoms with Crippen molar-refractivity contribution in [1.29, 1.82) is 0 Å². The van der Waals surface area contributed by atoms with Crippen LogP contribution in [0.2, 0.25) is 13.1 Å². The first-order valence-electron chi connectivity index (χ1n) is 11.3. The molecule has 0 spiro atoms. The molecule has 1 saturated carbocycles. The van der Waals surface area contributed by atoms with E-state index in [1.54, 1.807) is 21.0 Å². The van der Waals surface area contributed by atoms with Crippen LogP contribution in [-0.4, -0.2) is 38.3 Å². The Morgan fingerprint density at radius 1 is 1.21 bits per heavy atom. The smallest absolute Gasteiger partial charge is 0.314 e. The molecule has 0 amide bonds. The summed E-state index contributed by atoms with van der Waals surface area (Å²) < 4.78 is 17.7. The molecule has 1 aliphatic carbocycles. The average molecular weight is 479 g/mol. The van der Waals surface area contributed by atoms with Crippen LogP contribution < -0.4 is 9.16 Å². The van der Waals surface area contributed by atoms with E-state index in [1.807, 2.05) is 12.1 Å². The van der Waals surface area contributed by atoms with Crippen LogP contribution in [0.3, 0.4) is 0 Å². The van der Waals surface area contributed by atoms with Gasteiger partial charge in [-0.1, -0.05) is 34.6 Å². The summed E-state index contributed by atoms with van der Waals surface area (Å²) >= 11 is 0. The van der Waals surface area contributed by atoms with Gasteiger partial charge in [-0.2, -0.15) is 0 Å². The fourth-order valence-corrected chi connectivity index (χ4v) is 5.56. The largest absolute Gasteiger partial charge is 0.546 e. The molecule has 33 heavy (non-hydrogen) atoms. The maximum absolute atomic E-state index is 12.2. The van der Waals surface area contributed by atoms with Crippen LogP contribution in [0.5, 0.6) is 11.5 Å². The van der Waals surface area contributed by atoms with Gasteiger partial charge in [0.05, 0.1) is 24.7 Å². The number of rotatable bonds is 9. The Hall–Kier alpha value is -2.48. The Labute approximate surface area is 198 Å². The molecule has 184 valence electrons. The molecule has 0 bridgehead atoms. The third-order valence-electron chi connectivity index (χ3n) is 6.74. The van der Waals surface area contributed by atoms with Crippen molar-refractivity contribution >= 4 is 21.0 Å². The van der Waals surface area contributed by atoms with Crippen LogP contribution >= 0.6 is 0 Å². The number of hydrogen-bond donors (Lipinski definition) is 2. The van der Waals surface area contributed by atoms with E-state index in [-0.39, 0.29) is 18.4 Å². The highest BCUT2D eigenvalue weighted by Gasteiger charge is 2.60. The van der Waals surface area contributed by atoms with Crippen LogP contribution in [0.25, 0.3) is 0 Å². The molecule has 0 heterocycles. The van der Waals surface area contributed by atoms with Gasteiger partial charge in [-0.25, -0.2) is 0 Å². The first kappa shape index (κ1) is 26.8. The molecule has 0 aromatic heterocycles. The summed E-state index contributed by atoms with van der Waals surface area (Å²) in [6, 6.07) is 3.80. The second-order valence-corrected chi connectivity index (χ2v) is 12.9. The van der Waals surface area contributed by atoms with Gasteiger partial charge in [0.15, 0.2) is 0 Å². The van der Waals surface area contributed by atoms with Crippen LogP contribution in [0.15, 0.2) is 24.5 Å². The van der Waals surface area contributed by atoms with Crippen LogP contribution in [0.1, 0.15) is 58.6 Å². The highest BCUT2D eigenvalue weighted by Crippen LogP contribution is 2.57. The van der Waals surface area contributed by atoms with E-state index in [4.69, 9.17) is 13.9 Å². The van der Waals surface area contributed by atoms with Crippen molar-refractivity contribution in [2.75, 3.05) is 7.11 Å². The molecule has 1 aromatic carbocycles. The lowest BCUT2D eigenvalue weighted by Crippen LogP contribution is -2.43. The molecule has 1 aromatic rings. The predicted molar refractivity (Wildman–Crippen MR) is 129 cm³/mol. The van der Waals surface area contributed by atoms with Crippen molar-refractivity contribution in [2.45, 2.75) is 72.6 Å². The van der Waals surface area contributed by atoms with Crippen LogP contribution in [0.4, 0.5) is 0 Å². The zero-order valence-electron chi connectivity index (χ0n) is 21.0. The van der Waals surface area contributed by atoms with E-state index in [2.05, 4.69) is 33.9 Å². The highest BCUT2D eigenvalue weighted by atomic mass is 28.3. The summed E-state index contributed by atoms with van der Waals surface area (Å²) in [5, 5.41) is 19.6. The molecule has 2 rings (SSSR count). The van der Waals surface area contributed by atoms with Crippen LogP contribution in [0, 0.1) is 16.7 Å². The third-order valence-corrected chi connectivity index (χ3v) is 7.45. The van der Waals surface area contributed by atoms with Gasteiger partial charge in [0, 0.05) is 11.1 Å². The standard InChI is InChI=1S/C25H38O7Si/c1-23(2,3)19-18(30-6)10-9-16(20(19)32-33(7)8)15-31-14-13-25(22(28)29)12-11-17(21(26)27)24(25,4)5/h9-10,13-14,17,33H,11-12,15H2,1-8H3,(H,26,27)(H,28,29). The summed E-state index contributed by atoms with van der Waals surface area (Å²) in [6.07, 6.45) is 3.47. The minimum absolute atomic E-state index is 0.193. The minimum atomic E-state index is -1.44. The molecule has 0 radical (unpaired) electrons. The van der Waals surface area contributed by atoms with Gasteiger partial charge < -0.3 is 24.1 Å². The number of methoxy groups -OCH3 is 1. The second-order valence-electron chi connectivity index (χ2n) is 10.6. The maximum atomic E-state index is 12.2. The van der Waals surface area contributed by atoms with Crippen molar-refractivity contribution < 1.29 is 33.7 Å². The second kappa shape index (κ2) is 9.79. The van der Waals surface area contributed by atoms with E-state index >= 15 is 0 Å². The first-order chi connectivity index (χ1) is 15.2. The summed E-state index contributed by atoms with van der Waals surface area (Å²) in [5.41, 5.74) is -0.661. The quantitative estimate of drug-likeness (QED) is 0.381. The monoisotopic (exact) mass is 478 g/mol. The Morgan fingerprint density at radius 3 is 2.30 bits per heavy atom. The average Bonchev–Trinajstić information content (AvgIpc) is 2.95. The topological polar surface area (TPSA) is 102 Å². The molecule has 1 fully saturated rings. The Bertz CT molecular complexity index is 914. The summed E-state index contributed by atoms with van der Waals surface area (Å²) in [4.78, 5) is 23.9. The molecular weight excluding hydrogens is 440 g/mol. The number of ether oxygens (including phenoxy) is 2. The Morgan fingerprint density at radius 2 is 1.85 bits per heavy atom. The molecule has 2 unspecified atom stereocenters. The lowest BCUT2D eigenvalue weighted by atomic mass is 9.64. The number of carbonyl (C=O) groups is 2. The zero-order chi connectivity index (χ0) is 25.2. The number of carboxylic acid groups (broad SMARTS) is 2. The van der Waals surface area contributed by atoms with Crippen molar-refractivity contribution in [1.82, 2.24) is 0 Å². The summed E-state index contributed by atoms with van der Waals surface area (Å²) in [7, 11) is 0.200. The normalized spacial score (nSPS) is 22.5. The number of aliphatic carboxylic acids is 2. The molecule has 1 aliphatic rings. The van der Waals surface area contributed by atoms with E-state index in [0.29, 0.717) is 6.42 Å². The van der Waals surface area contributed by atoms with E-state index in [0.717, 1.165) is 22.6 Å². The third kappa shape index (κ3) is 5.21. The number of benzene rings is 1. The Balaban J connectivity index is 2.36. The van der Waals surface area contributed by atoms with Gasteiger partial charge in [0.1, 0.15) is 18.1 Å². The lowest BCUT2D eigenvalue weighted by Gasteiger charge is -2.37. The molecule has 8 heteroatoms. The van der Waals surface area contributed by atoms with Crippen LogP contribution in [-0.2, 0) is 26.3 Å². The fourth-order valence-electron chi connectivity index (χ4n) is 4.82. The van der Waals surface area contributed by atoms with Crippen molar-refractivity contribution in [3.05, 3.63) is 35.6 Å². The maximum Gasteiger partial charge on any atom is 0.314 e. The van der Waals surface area contributed by atoms with Gasteiger partial charge in [0.2, 0.25) is 9.04 Å². The van der Waals surface area contributed by atoms with Crippen molar-refractivity contribution in [2.24, 2.45) is 16.7 Å². The Kier molecular flexibility index (Phi) is 7.94. The number of hydrogen-bond acceptors (Lipinski definition) is 5. The molecular formula is C25H38O7Si. The van der Waals surface area contributed by atoms with Crippen molar-refractivity contribution in [3.8, 4) is 11.5 Å². The summed E-state index contributed by atoms with van der Waals surface area (Å²) in [5.74, 6) is -1.22. The minimum Gasteiger partial charge on any atom is -0.546 e. The van der Waals surface area contributed by atoms with Gasteiger partial charge in [-0.3, -0.25) is 9.59 Å². The molecule has 7 nitrogen and oxygen atoms in total. The highest BCUT2D eigenvalue weighted by molar-refractivity contribution is 6.49. The van der Waals surface area contributed by atoms with Crippen molar-refractivity contribution in [3.63, 3.8) is 0 Å². The fraction of sp³-hybridized carbons (Fsp3) is 0.600. The zero-order valence-corrected chi connectivity index (χ0v) is 22.2.